The second-order valence-electron chi connectivity index (χ2n) is 5.56. The molecule has 1 fully saturated rings. The van der Waals surface area contributed by atoms with Crippen LogP contribution in [0.5, 0.6) is 0 Å². The number of amides is 1. The number of nitrogens with zero attached hydrogens (tertiary/aromatic N) is 1. The van der Waals surface area contributed by atoms with Gasteiger partial charge in [-0.15, -0.1) is 0 Å². The molecule has 0 aliphatic carbocycles. The molecule has 1 aliphatic rings. The summed E-state index contributed by atoms with van der Waals surface area (Å²) >= 11 is 0. The average molecular weight is 256 g/mol. The van der Waals surface area contributed by atoms with E-state index in [2.05, 4.69) is 10.2 Å². The first-order valence-electron chi connectivity index (χ1n) is 6.43. The van der Waals surface area contributed by atoms with E-state index in [9.17, 15) is 9.59 Å². The SMILES string of the molecule is CNC(=O)C1CCCN(CC(C)(C)C(=O)OC)C1. The van der Waals surface area contributed by atoms with Crippen LogP contribution in [-0.4, -0.2) is 50.6 Å². The summed E-state index contributed by atoms with van der Waals surface area (Å²) in [6.45, 7) is 6.05. The minimum Gasteiger partial charge on any atom is -0.469 e. The summed E-state index contributed by atoms with van der Waals surface area (Å²) in [5.74, 6) is -0.0719. The van der Waals surface area contributed by atoms with Crippen LogP contribution in [0.1, 0.15) is 26.7 Å². The first kappa shape index (κ1) is 15.0. The zero-order chi connectivity index (χ0) is 13.8. The van der Waals surface area contributed by atoms with Crippen LogP contribution in [0, 0.1) is 11.3 Å². The Balaban J connectivity index is 2.57. The fourth-order valence-corrected chi connectivity index (χ4v) is 2.52. The van der Waals surface area contributed by atoms with Crippen LogP contribution in [0.3, 0.4) is 0 Å². The molecule has 1 atom stereocenters. The molecule has 1 heterocycles. The van der Waals surface area contributed by atoms with Gasteiger partial charge in [0.2, 0.25) is 5.91 Å². The summed E-state index contributed by atoms with van der Waals surface area (Å²) in [7, 11) is 3.08. The smallest absolute Gasteiger partial charge is 0.312 e. The summed E-state index contributed by atoms with van der Waals surface area (Å²) in [4.78, 5) is 25.5. The van der Waals surface area contributed by atoms with E-state index >= 15 is 0 Å². The number of likely N-dealkylation sites (tertiary alicyclic amines) is 1. The van der Waals surface area contributed by atoms with Gasteiger partial charge in [0.25, 0.3) is 0 Å². The summed E-state index contributed by atoms with van der Waals surface area (Å²) in [5.41, 5.74) is -0.528. The second kappa shape index (κ2) is 6.18. The molecule has 0 radical (unpaired) electrons. The van der Waals surface area contributed by atoms with Gasteiger partial charge in [-0.25, -0.2) is 0 Å². The minimum atomic E-state index is -0.528. The molecule has 0 aromatic carbocycles. The van der Waals surface area contributed by atoms with Crippen molar-refractivity contribution in [2.45, 2.75) is 26.7 Å². The van der Waals surface area contributed by atoms with Crippen LogP contribution >= 0.6 is 0 Å². The first-order valence-corrected chi connectivity index (χ1v) is 6.43. The number of hydrogen-bond acceptors (Lipinski definition) is 4. The lowest BCUT2D eigenvalue weighted by Gasteiger charge is -2.36. The molecule has 1 N–H and O–H groups in total. The fraction of sp³-hybridized carbons (Fsp3) is 0.846. The molecule has 1 amide bonds. The maximum absolute atomic E-state index is 11.7. The molecule has 104 valence electrons. The predicted octanol–water partition coefficient (Wildman–Crippen LogP) is 0.644. The number of esters is 1. The van der Waals surface area contributed by atoms with Crippen LogP contribution in [0.2, 0.25) is 0 Å². The Morgan fingerprint density at radius 1 is 1.44 bits per heavy atom. The maximum atomic E-state index is 11.7. The number of piperidine rings is 1. The van der Waals surface area contributed by atoms with Gasteiger partial charge in [-0.2, -0.15) is 0 Å². The molecule has 0 aromatic heterocycles. The minimum absolute atomic E-state index is 0.0391. The molecule has 1 aliphatic heterocycles. The topological polar surface area (TPSA) is 58.6 Å². The summed E-state index contributed by atoms with van der Waals surface area (Å²) in [6, 6.07) is 0. The van der Waals surface area contributed by atoms with Crippen molar-refractivity contribution in [2.24, 2.45) is 11.3 Å². The van der Waals surface area contributed by atoms with Crippen molar-refractivity contribution < 1.29 is 14.3 Å². The van der Waals surface area contributed by atoms with Crippen molar-refractivity contribution in [2.75, 3.05) is 33.8 Å². The summed E-state index contributed by atoms with van der Waals surface area (Å²) in [5, 5.41) is 2.69. The van der Waals surface area contributed by atoms with Crippen LogP contribution in [0.4, 0.5) is 0 Å². The molecule has 1 rings (SSSR count). The Bertz CT molecular complexity index is 315. The van der Waals surface area contributed by atoms with Crippen LogP contribution in [0.25, 0.3) is 0 Å². The van der Waals surface area contributed by atoms with E-state index in [4.69, 9.17) is 4.74 Å². The van der Waals surface area contributed by atoms with Gasteiger partial charge in [0.15, 0.2) is 0 Å². The lowest BCUT2D eigenvalue weighted by atomic mass is 9.90. The average Bonchev–Trinajstić information content (AvgIpc) is 2.36. The normalized spacial score (nSPS) is 21.4. The third kappa shape index (κ3) is 3.70. The van der Waals surface area contributed by atoms with Crippen LogP contribution < -0.4 is 5.32 Å². The van der Waals surface area contributed by atoms with Gasteiger partial charge in [0.05, 0.1) is 18.4 Å². The largest absolute Gasteiger partial charge is 0.469 e. The maximum Gasteiger partial charge on any atom is 0.312 e. The molecule has 5 heteroatoms. The molecule has 0 spiro atoms. The van der Waals surface area contributed by atoms with Crippen molar-refractivity contribution in [3.05, 3.63) is 0 Å². The van der Waals surface area contributed by atoms with Gasteiger partial charge in [-0.1, -0.05) is 0 Å². The number of rotatable bonds is 4. The van der Waals surface area contributed by atoms with Crippen molar-refractivity contribution >= 4 is 11.9 Å². The van der Waals surface area contributed by atoms with Crippen molar-refractivity contribution in [1.29, 1.82) is 0 Å². The quantitative estimate of drug-likeness (QED) is 0.750. The van der Waals surface area contributed by atoms with Gasteiger partial charge in [0, 0.05) is 20.1 Å². The molecule has 18 heavy (non-hydrogen) atoms. The number of carbonyl (C=O) groups excluding carboxylic acids is 2. The van der Waals surface area contributed by atoms with E-state index in [0.29, 0.717) is 6.54 Å². The number of hydrogen-bond donors (Lipinski definition) is 1. The monoisotopic (exact) mass is 256 g/mol. The molecule has 0 saturated carbocycles. The summed E-state index contributed by atoms with van der Waals surface area (Å²) < 4.78 is 4.81. The van der Waals surface area contributed by atoms with Gasteiger partial charge in [0.1, 0.15) is 0 Å². The van der Waals surface area contributed by atoms with Gasteiger partial charge in [-0.05, 0) is 33.2 Å². The highest BCUT2D eigenvalue weighted by molar-refractivity contribution is 5.78. The Kier molecular flexibility index (Phi) is 5.14. The fourth-order valence-electron chi connectivity index (χ4n) is 2.52. The van der Waals surface area contributed by atoms with Crippen molar-refractivity contribution in [1.82, 2.24) is 10.2 Å². The first-order chi connectivity index (χ1) is 8.40. The standard InChI is InChI=1S/C13H24N2O3/c1-13(2,12(17)18-4)9-15-7-5-6-10(8-15)11(16)14-3/h10H,5-9H2,1-4H3,(H,14,16). The third-order valence-corrected chi connectivity index (χ3v) is 3.48. The molecular weight excluding hydrogens is 232 g/mol. The number of methoxy groups -OCH3 is 1. The predicted molar refractivity (Wildman–Crippen MR) is 69.0 cm³/mol. The molecule has 1 saturated heterocycles. The van der Waals surface area contributed by atoms with E-state index in [1.165, 1.54) is 7.11 Å². The highest BCUT2D eigenvalue weighted by Gasteiger charge is 2.34. The molecule has 5 nitrogen and oxygen atoms in total. The van der Waals surface area contributed by atoms with E-state index in [1.807, 2.05) is 13.8 Å². The van der Waals surface area contributed by atoms with E-state index in [0.717, 1.165) is 25.9 Å². The zero-order valence-corrected chi connectivity index (χ0v) is 11.8. The Morgan fingerprint density at radius 3 is 2.67 bits per heavy atom. The van der Waals surface area contributed by atoms with Gasteiger partial charge in [-0.3, -0.25) is 9.59 Å². The Morgan fingerprint density at radius 2 is 2.11 bits per heavy atom. The third-order valence-electron chi connectivity index (χ3n) is 3.48. The van der Waals surface area contributed by atoms with E-state index in [1.54, 1.807) is 7.05 Å². The molecule has 1 unspecified atom stereocenters. The lowest BCUT2D eigenvalue weighted by molar-refractivity contribution is -0.152. The van der Waals surface area contributed by atoms with Crippen molar-refractivity contribution in [3.63, 3.8) is 0 Å². The van der Waals surface area contributed by atoms with Crippen LogP contribution in [0.15, 0.2) is 0 Å². The number of carbonyl (C=O) groups is 2. The zero-order valence-electron chi connectivity index (χ0n) is 11.8. The Labute approximate surface area is 109 Å². The second-order valence-corrected chi connectivity index (χ2v) is 5.56. The van der Waals surface area contributed by atoms with Crippen LogP contribution in [-0.2, 0) is 14.3 Å². The number of nitrogens with one attached hydrogen (secondary N) is 1. The Hall–Kier alpha value is -1.10. The highest BCUT2D eigenvalue weighted by Crippen LogP contribution is 2.23. The molecule has 0 aromatic rings. The molecular formula is C13H24N2O3. The van der Waals surface area contributed by atoms with E-state index in [-0.39, 0.29) is 17.8 Å². The van der Waals surface area contributed by atoms with Crippen molar-refractivity contribution in [3.8, 4) is 0 Å². The number of ether oxygens (including phenoxy) is 1. The van der Waals surface area contributed by atoms with Gasteiger partial charge >= 0.3 is 5.97 Å². The molecule has 0 bridgehead atoms. The summed E-state index contributed by atoms with van der Waals surface area (Å²) in [6.07, 6.45) is 1.92. The van der Waals surface area contributed by atoms with Gasteiger partial charge < -0.3 is 15.0 Å². The van der Waals surface area contributed by atoms with E-state index < -0.39 is 5.41 Å². The highest BCUT2D eigenvalue weighted by atomic mass is 16.5. The lowest BCUT2D eigenvalue weighted by Crippen LogP contribution is -2.47.